The molecule has 4 nitrogen and oxygen atoms in total. The van der Waals surface area contributed by atoms with Gasteiger partial charge in [-0.2, -0.15) is 0 Å². The van der Waals surface area contributed by atoms with Gasteiger partial charge in [-0.15, -0.1) is 0 Å². The van der Waals surface area contributed by atoms with Gasteiger partial charge in [0.05, 0.1) is 11.3 Å². The van der Waals surface area contributed by atoms with Crippen molar-refractivity contribution < 1.29 is 9.59 Å². The van der Waals surface area contributed by atoms with E-state index in [9.17, 15) is 9.59 Å². The van der Waals surface area contributed by atoms with Crippen LogP contribution in [0.2, 0.25) is 0 Å². The largest absolute Gasteiger partial charge is 0.362 e. The van der Waals surface area contributed by atoms with Gasteiger partial charge in [0.1, 0.15) is 5.70 Å². The van der Waals surface area contributed by atoms with Crippen LogP contribution in [-0.2, 0) is 29.0 Å². The monoisotopic (exact) mass is 436 g/mol. The molecule has 3 aromatic rings. The number of aryl methyl sites for hydroxylation is 3. The molecule has 5 rings (SSSR count). The predicted molar refractivity (Wildman–Crippen MR) is 132 cm³/mol. The normalized spacial score (nSPS) is 16.0. The summed E-state index contributed by atoms with van der Waals surface area (Å²) in [5.41, 5.74) is 8.31. The molecule has 0 spiro atoms. The molecule has 0 atom stereocenters. The van der Waals surface area contributed by atoms with Gasteiger partial charge in [-0.25, -0.2) is 4.90 Å². The fourth-order valence-corrected chi connectivity index (χ4v) is 4.95. The van der Waals surface area contributed by atoms with Crippen LogP contribution in [0.3, 0.4) is 0 Å². The van der Waals surface area contributed by atoms with E-state index in [1.165, 1.54) is 21.6 Å². The highest BCUT2D eigenvalue weighted by molar-refractivity contribution is 6.45. The third-order valence-electron chi connectivity index (χ3n) is 6.76. The highest BCUT2D eigenvalue weighted by atomic mass is 16.2. The van der Waals surface area contributed by atoms with Crippen molar-refractivity contribution in [3.8, 4) is 0 Å². The number of anilines is 1. The molecular weight excluding hydrogens is 408 g/mol. The van der Waals surface area contributed by atoms with Crippen molar-refractivity contribution in [1.82, 2.24) is 4.90 Å². The average molecular weight is 437 g/mol. The fourth-order valence-electron chi connectivity index (χ4n) is 4.95. The second-order valence-corrected chi connectivity index (χ2v) is 8.95. The zero-order chi connectivity index (χ0) is 23.1. The summed E-state index contributed by atoms with van der Waals surface area (Å²) < 4.78 is 0. The van der Waals surface area contributed by atoms with E-state index in [1.807, 2.05) is 56.3 Å². The molecule has 0 aromatic heterocycles. The quantitative estimate of drug-likeness (QED) is 0.527. The number of imide groups is 1. The van der Waals surface area contributed by atoms with E-state index >= 15 is 0 Å². The van der Waals surface area contributed by atoms with Crippen molar-refractivity contribution in [2.45, 2.75) is 40.2 Å². The average Bonchev–Trinajstić information content (AvgIpc) is 3.08. The molecule has 0 bridgehead atoms. The molecule has 0 fully saturated rings. The number of carbonyl (C=O) groups excluding carboxylic acids is 2. The second-order valence-electron chi connectivity index (χ2n) is 8.95. The summed E-state index contributed by atoms with van der Waals surface area (Å²) in [6, 6.07) is 22.1. The Kier molecular flexibility index (Phi) is 5.37. The molecule has 33 heavy (non-hydrogen) atoms. The lowest BCUT2D eigenvalue weighted by Crippen LogP contribution is -2.37. The Balaban J connectivity index is 1.63. The predicted octanol–water partition coefficient (Wildman–Crippen LogP) is 5.21. The smallest absolute Gasteiger partial charge is 0.282 e. The summed E-state index contributed by atoms with van der Waals surface area (Å²) in [6.07, 6.45) is 1.76. The van der Waals surface area contributed by atoms with Gasteiger partial charge in [0.25, 0.3) is 11.8 Å². The highest BCUT2D eigenvalue weighted by Gasteiger charge is 2.43. The minimum absolute atomic E-state index is 0.237. The van der Waals surface area contributed by atoms with E-state index in [0.29, 0.717) is 30.0 Å². The van der Waals surface area contributed by atoms with Gasteiger partial charge < -0.3 is 4.90 Å². The molecule has 166 valence electrons. The van der Waals surface area contributed by atoms with E-state index < -0.39 is 0 Å². The fraction of sp³-hybridized carbons (Fsp3) is 0.241. The molecule has 2 aliphatic heterocycles. The number of rotatable bonds is 4. The van der Waals surface area contributed by atoms with Crippen molar-refractivity contribution in [3.63, 3.8) is 0 Å². The maximum Gasteiger partial charge on any atom is 0.282 e. The van der Waals surface area contributed by atoms with Crippen molar-refractivity contribution in [3.05, 3.63) is 106 Å². The molecule has 2 heterocycles. The van der Waals surface area contributed by atoms with Gasteiger partial charge in [-0.1, -0.05) is 67.1 Å². The van der Waals surface area contributed by atoms with Gasteiger partial charge in [0.15, 0.2) is 0 Å². The molecule has 0 saturated carbocycles. The Morgan fingerprint density at radius 3 is 2.27 bits per heavy atom. The number of hydrogen-bond acceptors (Lipinski definition) is 3. The lowest BCUT2D eigenvalue weighted by molar-refractivity contribution is -0.120. The van der Waals surface area contributed by atoms with Crippen LogP contribution >= 0.6 is 0 Å². The van der Waals surface area contributed by atoms with Gasteiger partial charge in [-0.05, 0) is 66.6 Å². The first kappa shape index (κ1) is 21.2. The topological polar surface area (TPSA) is 40.6 Å². The molecule has 0 radical (unpaired) electrons. The van der Waals surface area contributed by atoms with Crippen LogP contribution in [0.4, 0.5) is 5.69 Å². The molecular formula is C29H28N2O2. The number of amides is 2. The number of hydrogen-bond donors (Lipinski definition) is 0. The Bertz CT molecular complexity index is 1290. The van der Waals surface area contributed by atoms with Crippen LogP contribution in [-0.4, -0.2) is 23.3 Å². The summed E-state index contributed by atoms with van der Waals surface area (Å²) in [7, 11) is 0. The third-order valence-corrected chi connectivity index (χ3v) is 6.76. The first-order valence-corrected chi connectivity index (χ1v) is 11.6. The van der Waals surface area contributed by atoms with E-state index in [2.05, 4.69) is 36.1 Å². The molecule has 4 heteroatoms. The van der Waals surface area contributed by atoms with Crippen molar-refractivity contribution in [1.29, 1.82) is 0 Å². The molecule has 2 aliphatic rings. The molecule has 0 saturated heterocycles. The molecule has 0 aliphatic carbocycles. The van der Waals surface area contributed by atoms with E-state index in [1.54, 1.807) is 0 Å². The molecule has 0 N–H and O–H groups in total. The lowest BCUT2D eigenvalue weighted by Gasteiger charge is -2.31. The maximum atomic E-state index is 13.8. The zero-order valence-corrected chi connectivity index (χ0v) is 19.4. The van der Waals surface area contributed by atoms with Gasteiger partial charge in [-0.3, -0.25) is 9.59 Å². The zero-order valence-electron chi connectivity index (χ0n) is 19.4. The van der Waals surface area contributed by atoms with E-state index in [0.717, 1.165) is 29.5 Å². The number of fused-ring (bicyclic) bond motifs is 1. The Morgan fingerprint density at radius 2 is 1.58 bits per heavy atom. The summed E-state index contributed by atoms with van der Waals surface area (Å²) in [4.78, 5) is 31.1. The Labute approximate surface area is 195 Å². The Hall–Kier alpha value is -3.66. The SMILES string of the molecule is CCc1ccc(N2C(=O)C(c3ccc(C)cc3C)=C(N3CCc4ccccc4C3)C2=O)cc1. The highest BCUT2D eigenvalue weighted by Crippen LogP contribution is 2.38. The summed E-state index contributed by atoms with van der Waals surface area (Å²) >= 11 is 0. The Morgan fingerprint density at radius 1 is 0.848 bits per heavy atom. The van der Waals surface area contributed by atoms with Crippen LogP contribution in [0, 0.1) is 13.8 Å². The van der Waals surface area contributed by atoms with Gasteiger partial charge in [0, 0.05) is 13.1 Å². The minimum Gasteiger partial charge on any atom is -0.362 e. The van der Waals surface area contributed by atoms with E-state index in [4.69, 9.17) is 0 Å². The first-order valence-electron chi connectivity index (χ1n) is 11.6. The van der Waals surface area contributed by atoms with Gasteiger partial charge in [0.2, 0.25) is 0 Å². The molecule has 2 amide bonds. The summed E-state index contributed by atoms with van der Waals surface area (Å²) in [6.45, 7) is 7.48. The minimum atomic E-state index is -0.245. The summed E-state index contributed by atoms with van der Waals surface area (Å²) in [5.74, 6) is -0.483. The van der Waals surface area contributed by atoms with Crippen LogP contribution in [0.1, 0.15) is 40.3 Å². The molecule has 3 aromatic carbocycles. The van der Waals surface area contributed by atoms with Crippen molar-refractivity contribution in [2.24, 2.45) is 0 Å². The lowest BCUT2D eigenvalue weighted by atomic mass is 9.95. The van der Waals surface area contributed by atoms with Crippen LogP contribution in [0.5, 0.6) is 0 Å². The number of benzene rings is 3. The van der Waals surface area contributed by atoms with Crippen LogP contribution in [0.15, 0.2) is 72.4 Å². The third kappa shape index (κ3) is 3.66. The van der Waals surface area contributed by atoms with Crippen molar-refractivity contribution in [2.75, 3.05) is 11.4 Å². The second kappa shape index (κ2) is 8.36. The first-order chi connectivity index (χ1) is 16.0. The summed E-state index contributed by atoms with van der Waals surface area (Å²) in [5, 5.41) is 0. The van der Waals surface area contributed by atoms with Crippen LogP contribution in [0.25, 0.3) is 5.57 Å². The number of nitrogens with zero attached hydrogens (tertiary/aromatic N) is 2. The number of carbonyl (C=O) groups is 2. The van der Waals surface area contributed by atoms with Crippen LogP contribution < -0.4 is 4.90 Å². The van der Waals surface area contributed by atoms with Crippen molar-refractivity contribution >= 4 is 23.1 Å². The maximum absolute atomic E-state index is 13.8. The molecule has 0 unspecified atom stereocenters. The standard InChI is InChI=1S/C29H28N2O2/c1-4-21-10-12-24(13-11-21)31-28(32)26(25-14-9-19(2)17-20(25)3)27(29(31)33)30-16-15-22-7-5-6-8-23(22)18-30/h5-14,17H,4,15-16,18H2,1-3H3. The van der Waals surface area contributed by atoms with Gasteiger partial charge >= 0.3 is 0 Å². The van der Waals surface area contributed by atoms with E-state index in [-0.39, 0.29) is 11.8 Å².